The fourth-order valence-corrected chi connectivity index (χ4v) is 0.784. The molecule has 1 aromatic carbocycles. The number of nitrogens with one attached hydrogen (secondary N) is 1. The predicted molar refractivity (Wildman–Crippen MR) is 45.0 cm³/mol. The molecule has 0 spiro atoms. The Labute approximate surface area is 70.1 Å². The Bertz CT molecular complexity index is 272. The molecule has 3 N–H and O–H groups in total. The van der Waals surface area contributed by atoms with E-state index in [0.29, 0.717) is 5.69 Å². The molecular weight excluding hydrogens is 157 g/mol. The number of carboxylic acids is 1. The van der Waals surface area contributed by atoms with Gasteiger partial charge in [-0.15, -0.1) is 0 Å². The standard InChI is InChI=1S/C7H7BNO3/c10-7(11)5-1-3-6(4-2-5)9-8-12/h1-4,9,12H,(H,10,11). The van der Waals surface area contributed by atoms with Gasteiger partial charge in [0, 0.05) is 5.69 Å². The molecule has 0 atom stereocenters. The Morgan fingerprint density at radius 2 is 1.92 bits per heavy atom. The van der Waals surface area contributed by atoms with Crippen molar-refractivity contribution in [3.63, 3.8) is 0 Å². The molecule has 4 nitrogen and oxygen atoms in total. The van der Waals surface area contributed by atoms with Gasteiger partial charge in [-0.3, -0.25) is 0 Å². The van der Waals surface area contributed by atoms with Crippen molar-refractivity contribution < 1.29 is 14.9 Å². The van der Waals surface area contributed by atoms with Gasteiger partial charge in [-0.1, -0.05) is 0 Å². The molecule has 1 rings (SSSR count). The first-order chi connectivity index (χ1) is 5.74. The minimum absolute atomic E-state index is 0.221. The van der Waals surface area contributed by atoms with E-state index in [0.717, 1.165) is 7.62 Å². The maximum atomic E-state index is 10.4. The molecule has 12 heavy (non-hydrogen) atoms. The smallest absolute Gasteiger partial charge is 0.433 e. The van der Waals surface area contributed by atoms with Crippen LogP contribution in [0, 0.1) is 0 Å². The average molecular weight is 164 g/mol. The molecular formula is C7H7BNO3. The van der Waals surface area contributed by atoms with Crippen LogP contribution in [-0.2, 0) is 0 Å². The number of hydrogen-bond donors (Lipinski definition) is 3. The highest BCUT2D eigenvalue weighted by molar-refractivity contribution is 6.30. The zero-order valence-electron chi connectivity index (χ0n) is 6.19. The molecule has 1 radical (unpaired) electrons. The van der Waals surface area contributed by atoms with Gasteiger partial charge in [0.25, 0.3) is 0 Å². The van der Waals surface area contributed by atoms with E-state index in [1.165, 1.54) is 12.1 Å². The summed E-state index contributed by atoms with van der Waals surface area (Å²) in [5, 5.41) is 19.4. The third kappa shape index (κ3) is 2.00. The van der Waals surface area contributed by atoms with Crippen molar-refractivity contribution in [3.8, 4) is 0 Å². The van der Waals surface area contributed by atoms with E-state index in [1.54, 1.807) is 12.1 Å². The molecule has 0 saturated heterocycles. The molecule has 0 aliphatic carbocycles. The predicted octanol–water partition coefficient (Wildman–Crippen LogP) is 0.323. The molecule has 0 aliphatic rings. The summed E-state index contributed by atoms with van der Waals surface area (Å²) >= 11 is 0. The molecule has 0 amide bonds. The fraction of sp³-hybridized carbons (Fsp3) is 0. The van der Waals surface area contributed by atoms with Crippen LogP contribution in [0.2, 0.25) is 0 Å². The van der Waals surface area contributed by atoms with Gasteiger partial charge in [-0.2, -0.15) is 0 Å². The van der Waals surface area contributed by atoms with Crippen molar-refractivity contribution in [1.29, 1.82) is 0 Å². The molecule has 0 heterocycles. The zero-order valence-corrected chi connectivity index (χ0v) is 6.19. The van der Waals surface area contributed by atoms with Gasteiger partial charge in [0.1, 0.15) is 0 Å². The van der Waals surface area contributed by atoms with Crippen molar-refractivity contribution in [3.05, 3.63) is 29.8 Å². The highest BCUT2D eigenvalue weighted by atomic mass is 16.4. The van der Waals surface area contributed by atoms with Gasteiger partial charge in [0.15, 0.2) is 0 Å². The van der Waals surface area contributed by atoms with E-state index in [2.05, 4.69) is 5.23 Å². The van der Waals surface area contributed by atoms with Crippen LogP contribution in [0.1, 0.15) is 10.4 Å². The third-order valence-corrected chi connectivity index (χ3v) is 1.36. The van der Waals surface area contributed by atoms with Gasteiger partial charge in [-0.25, -0.2) is 4.79 Å². The number of carbonyl (C=O) groups is 1. The van der Waals surface area contributed by atoms with E-state index in [9.17, 15) is 4.79 Å². The maximum absolute atomic E-state index is 10.4. The van der Waals surface area contributed by atoms with Crippen LogP contribution in [0.3, 0.4) is 0 Å². The van der Waals surface area contributed by atoms with E-state index >= 15 is 0 Å². The first-order valence-corrected chi connectivity index (χ1v) is 3.30. The summed E-state index contributed by atoms with van der Waals surface area (Å²) in [6.45, 7) is 0. The Morgan fingerprint density at radius 1 is 1.33 bits per heavy atom. The first-order valence-electron chi connectivity index (χ1n) is 3.30. The van der Waals surface area contributed by atoms with Crippen molar-refractivity contribution >= 4 is 19.3 Å². The van der Waals surface area contributed by atoms with Crippen LogP contribution in [0.5, 0.6) is 0 Å². The second-order valence-electron chi connectivity index (χ2n) is 2.16. The topological polar surface area (TPSA) is 69.6 Å². The number of benzene rings is 1. The summed E-state index contributed by atoms with van der Waals surface area (Å²) in [5.41, 5.74) is 0.862. The molecule has 5 heteroatoms. The van der Waals surface area contributed by atoms with Crippen molar-refractivity contribution in [1.82, 2.24) is 0 Å². The molecule has 0 aromatic heterocycles. The summed E-state index contributed by atoms with van der Waals surface area (Å²) in [6.07, 6.45) is 0. The van der Waals surface area contributed by atoms with Gasteiger partial charge in [-0.05, 0) is 24.3 Å². The van der Waals surface area contributed by atoms with Crippen molar-refractivity contribution in [2.24, 2.45) is 0 Å². The van der Waals surface area contributed by atoms with Crippen LogP contribution in [-0.4, -0.2) is 23.7 Å². The largest absolute Gasteiger partial charge is 0.478 e. The van der Waals surface area contributed by atoms with Gasteiger partial charge < -0.3 is 15.4 Å². The minimum atomic E-state index is -0.963. The summed E-state index contributed by atoms with van der Waals surface area (Å²) in [6, 6.07) is 6.04. The Balaban J connectivity index is 2.78. The lowest BCUT2D eigenvalue weighted by Crippen LogP contribution is -2.04. The Kier molecular flexibility index (Phi) is 2.71. The summed E-state index contributed by atoms with van der Waals surface area (Å²) in [5.74, 6) is -0.963. The number of carboxylic acid groups (broad SMARTS) is 1. The van der Waals surface area contributed by atoms with E-state index in [1.807, 2.05) is 0 Å². The SMILES string of the molecule is O=C(O)c1ccc(N[B]O)cc1. The normalized spacial score (nSPS) is 9.08. The molecule has 0 saturated carbocycles. The average Bonchev–Trinajstić information content (AvgIpc) is 2.06. The van der Waals surface area contributed by atoms with E-state index in [-0.39, 0.29) is 5.56 Å². The number of rotatable bonds is 3. The monoisotopic (exact) mass is 164 g/mol. The zero-order chi connectivity index (χ0) is 8.97. The second-order valence-corrected chi connectivity index (χ2v) is 2.16. The van der Waals surface area contributed by atoms with E-state index < -0.39 is 5.97 Å². The van der Waals surface area contributed by atoms with Crippen molar-refractivity contribution in [2.75, 3.05) is 5.23 Å². The summed E-state index contributed by atoms with van der Waals surface area (Å²) in [4.78, 5) is 10.4. The van der Waals surface area contributed by atoms with Crippen LogP contribution in [0.15, 0.2) is 24.3 Å². The summed E-state index contributed by atoms with van der Waals surface area (Å²) < 4.78 is 0. The van der Waals surface area contributed by atoms with Crippen LogP contribution in [0.25, 0.3) is 0 Å². The van der Waals surface area contributed by atoms with Crippen molar-refractivity contribution in [2.45, 2.75) is 0 Å². The van der Waals surface area contributed by atoms with Crippen LogP contribution >= 0.6 is 0 Å². The lowest BCUT2D eigenvalue weighted by Gasteiger charge is -2.00. The Hall–Kier alpha value is -1.49. The lowest BCUT2D eigenvalue weighted by molar-refractivity contribution is 0.0697. The molecule has 61 valence electrons. The highest BCUT2D eigenvalue weighted by Crippen LogP contribution is 2.08. The quantitative estimate of drug-likeness (QED) is 0.562. The van der Waals surface area contributed by atoms with Gasteiger partial charge in [0.05, 0.1) is 5.56 Å². The number of hydrogen-bond acceptors (Lipinski definition) is 3. The Morgan fingerprint density at radius 3 is 2.33 bits per heavy atom. The molecule has 0 aliphatic heterocycles. The molecule has 0 unspecified atom stereocenters. The summed E-state index contributed by atoms with van der Waals surface area (Å²) in [7, 11) is 0.787. The lowest BCUT2D eigenvalue weighted by atomic mass is 10.1. The van der Waals surface area contributed by atoms with E-state index in [4.69, 9.17) is 10.1 Å². The third-order valence-electron chi connectivity index (χ3n) is 1.36. The first kappa shape index (κ1) is 8.61. The number of aromatic carboxylic acids is 1. The maximum Gasteiger partial charge on any atom is 0.433 e. The fourth-order valence-electron chi connectivity index (χ4n) is 0.784. The molecule has 1 aromatic rings. The van der Waals surface area contributed by atoms with Crippen LogP contribution < -0.4 is 5.23 Å². The van der Waals surface area contributed by atoms with Gasteiger partial charge >= 0.3 is 13.6 Å². The molecule has 0 fully saturated rings. The van der Waals surface area contributed by atoms with Crippen LogP contribution in [0.4, 0.5) is 5.69 Å². The minimum Gasteiger partial charge on any atom is -0.478 e. The van der Waals surface area contributed by atoms with Gasteiger partial charge in [0.2, 0.25) is 0 Å². The molecule has 0 bridgehead atoms. The second kappa shape index (κ2) is 3.78. The number of anilines is 1. The highest BCUT2D eigenvalue weighted by Gasteiger charge is 2.00.